The predicted molar refractivity (Wildman–Crippen MR) is 102 cm³/mol. The lowest BCUT2D eigenvalue weighted by atomic mass is 10.1. The molecule has 136 valence electrons. The average molecular weight is 430 g/mol. The summed E-state index contributed by atoms with van der Waals surface area (Å²) in [7, 11) is 1.94. The van der Waals surface area contributed by atoms with E-state index >= 15 is 0 Å². The summed E-state index contributed by atoms with van der Waals surface area (Å²) in [5.74, 6) is 2.27. The molecular weight excluding hydrogens is 408 g/mol. The third kappa shape index (κ3) is 5.23. The Hall–Kier alpha value is -1.50. The molecule has 1 saturated heterocycles. The van der Waals surface area contributed by atoms with E-state index in [1.54, 1.807) is 12.1 Å². The first-order valence-electron chi connectivity index (χ1n) is 8.06. The summed E-state index contributed by atoms with van der Waals surface area (Å²) in [6.07, 6.45) is 1.03. The maximum Gasteiger partial charge on any atom is 0.289 e. The largest absolute Gasteiger partial charge is 0.486 e. The molecule has 3 rings (SSSR count). The SMILES string of the molecule is CNCC1CCN(C(=O)c2ccc(COc3ccc(Br)cc3)o2)C1.Cl. The van der Waals surface area contributed by atoms with Gasteiger partial charge in [-0.3, -0.25) is 4.79 Å². The lowest BCUT2D eigenvalue weighted by Crippen LogP contribution is -2.30. The molecule has 1 fully saturated rings. The Kier molecular flexibility index (Phi) is 7.35. The third-order valence-corrected chi connectivity index (χ3v) is 4.66. The molecule has 0 aliphatic carbocycles. The molecule has 1 aliphatic heterocycles. The molecular formula is C18H22BrClN2O3. The van der Waals surface area contributed by atoms with Gasteiger partial charge in [0.2, 0.25) is 0 Å². The number of furan rings is 1. The van der Waals surface area contributed by atoms with Crippen molar-refractivity contribution < 1.29 is 13.9 Å². The summed E-state index contributed by atoms with van der Waals surface area (Å²) in [6, 6.07) is 11.1. The van der Waals surface area contributed by atoms with Crippen LogP contribution in [0.5, 0.6) is 5.75 Å². The molecule has 1 aliphatic rings. The number of likely N-dealkylation sites (tertiary alicyclic amines) is 1. The van der Waals surface area contributed by atoms with Crippen molar-refractivity contribution in [2.75, 3.05) is 26.7 Å². The maximum absolute atomic E-state index is 12.5. The molecule has 0 radical (unpaired) electrons. The minimum absolute atomic E-state index is 0. The molecule has 1 N–H and O–H groups in total. The Balaban J connectivity index is 0.00000225. The fourth-order valence-electron chi connectivity index (χ4n) is 2.88. The Morgan fingerprint density at radius 3 is 2.80 bits per heavy atom. The topological polar surface area (TPSA) is 54.7 Å². The van der Waals surface area contributed by atoms with Gasteiger partial charge in [-0.25, -0.2) is 0 Å². The van der Waals surface area contributed by atoms with Crippen molar-refractivity contribution in [3.8, 4) is 5.75 Å². The van der Waals surface area contributed by atoms with Crippen LogP contribution in [0.2, 0.25) is 0 Å². The summed E-state index contributed by atoms with van der Waals surface area (Å²) in [4.78, 5) is 14.3. The van der Waals surface area contributed by atoms with E-state index in [1.165, 1.54) is 0 Å². The van der Waals surface area contributed by atoms with E-state index in [0.717, 1.165) is 36.3 Å². The number of halogens is 2. The van der Waals surface area contributed by atoms with Gasteiger partial charge in [0.25, 0.3) is 5.91 Å². The highest BCUT2D eigenvalue weighted by molar-refractivity contribution is 9.10. The number of rotatable bonds is 6. The van der Waals surface area contributed by atoms with Gasteiger partial charge in [0.15, 0.2) is 5.76 Å². The van der Waals surface area contributed by atoms with Gasteiger partial charge in [-0.2, -0.15) is 0 Å². The summed E-state index contributed by atoms with van der Waals surface area (Å²) >= 11 is 3.39. The number of ether oxygens (including phenoxy) is 1. The van der Waals surface area contributed by atoms with Crippen LogP contribution in [0.3, 0.4) is 0 Å². The monoisotopic (exact) mass is 428 g/mol. The zero-order valence-corrected chi connectivity index (χ0v) is 16.4. The van der Waals surface area contributed by atoms with Crippen molar-refractivity contribution in [1.82, 2.24) is 10.2 Å². The minimum Gasteiger partial charge on any atom is -0.486 e. The van der Waals surface area contributed by atoms with Gasteiger partial charge in [0, 0.05) is 17.6 Å². The van der Waals surface area contributed by atoms with Crippen molar-refractivity contribution >= 4 is 34.2 Å². The van der Waals surface area contributed by atoms with Crippen LogP contribution in [0.15, 0.2) is 45.3 Å². The summed E-state index contributed by atoms with van der Waals surface area (Å²) in [6.45, 7) is 2.81. The van der Waals surface area contributed by atoms with Gasteiger partial charge in [-0.05, 0) is 62.3 Å². The maximum atomic E-state index is 12.5. The van der Waals surface area contributed by atoms with E-state index in [1.807, 2.05) is 36.2 Å². The van der Waals surface area contributed by atoms with E-state index in [4.69, 9.17) is 9.15 Å². The van der Waals surface area contributed by atoms with Gasteiger partial charge < -0.3 is 19.4 Å². The number of benzene rings is 1. The standard InChI is InChI=1S/C18H21BrN2O3.ClH/c1-20-10-13-8-9-21(11-13)18(22)17-7-6-16(24-17)12-23-15-4-2-14(19)3-5-15;/h2-7,13,20H,8-12H2,1H3;1H. The van der Waals surface area contributed by atoms with Crippen LogP contribution >= 0.6 is 28.3 Å². The molecule has 1 unspecified atom stereocenters. The molecule has 0 saturated carbocycles. The molecule has 0 spiro atoms. The number of amides is 1. The van der Waals surface area contributed by atoms with Crippen LogP contribution in [0.25, 0.3) is 0 Å². The first-order chi connectivity index (χ1) is 11.7. The highest BCUT2D eigenvalue weighted by atomic mass is 79.9. The Bertz CT molecular complexity index is 690. The molecule has 2 heterocycles. The highest BCUT2D eigenvalue weighted by Crippen LogP contribution is 2.21. The minimum atomic E-state index is -0.0384. The van der Waals surface area contributed by atoms with E-state index in [9.17, 15) is 4.79 Å². The quantitative estimate of drug-likeness (QED) is 0.760. The number of carbonyl (C=O) groups excluding carboxylic acids is 1. The number of carbonyl (C=O) groups is 1. The van der Waals surface area contributed by atoms with Crippen molar-refractivity contribution in [1.29, 1.82) is 0 Å². The first kappa shape index (κ1) is 19.8. The van der Waals surface area contributed by atoms with Gasteiger partial charge >= 0.3 is 0 Å². The molecule has 25 heavy (non-hydrogen) atoms. The van der Waals surface area contributed by atoms with Crippen molar-refractivity contribution in [2.45, 2.75) is 13.0 Å². The van der Waals surface area contributed by atoms with Crippen LogP contribution in [0.4, 0.5) is 0 Å². The second-order valence-electron chi connectivity index (χ2n) is 5.97. The summed E-state index contributed by atoms with van der Waals surface area (Å²) < 4.78 is 12.3. The molecule has 1 amide bonds. The average Bonchev–Trinajstić information content (AvgIpc) is 3.24. The lowest BCUT2D eigenvalue weighted by Gasteiger charge is -2.14. The zero-order chi connectivity index (χ0) is 16.9. The second-order valence-corrected chi connectivity index (χ2v) is 6.89. The molecule has 0 bridgehead atoms. The molecule has 1 atom stereocenters. The third-order valence-electron chi connectivity index (χ3n) is 4.13. The Morgan fingerprint density at radius 2 is 2.08 bits per heavy atom. The molecule has 7 heteroatoms. The van der Waals surface area contributed by atoms with Crippen LogP contribution in [0, 0.1) is 5.92 Å². The number of hydrogen-bond acceptors (Lipinski definition) is 4. The van der Waals surface area contributed by atoms with Crippen LogP contribution in [0.1, 0.15) is 22.7 Å². The molecule has 1 aromatic carbocycles. The van der Waals surface area contributed by atoms with E-state index in [-0.39, 0.29) is 18.3 Å². The number of nitrogens with zero attached hydrogens (tertiary/aromatic N) is 1. The van der Waals surface area contributed by atoms with Gasteiger partial charge in [-0.1, -0.05) is 15.9 Å². The lowest BCUT2D eigenvalue weighted by molar-refractivity contribution is 0.0751. The van der Waals surface area contributed by atoms with Crippen LogP contribution < -0.4 is 10.1 Å². The van der Waals surface area contributed by atoms with Crippen molar-refractivity contribution in [3.05, 3.63) is 52.4 Å². The fraction of sp³-hybridized carbons (Fsp3) is 0.389. The zero-order valence-electron chi connectivity index (χ0n) is 14.0. The van der Waals surface area contributed by atoms with E-state index in [2.05, 4.69) is 21.2 Å². The molecule has 2 aromatic rings. The summed E-state index contributed by atoms with van der Waals surface area (Å²) in [5, 5.41) is 3.17. The second kappa shape index (κ2) is 9.27. The molecule has 5 nitrogen and oxygen atoms in total. The predicted octanol–water partition coefficient (Wildman–Crippen LogP) is 3.72. The molecule has 1 aromatic heterocycles. The first-order valence-corrected chi connectivity index (χ1v) is 8.86. The van der Waals surface area contributed by atoms with Crippen LogP contribution in [-0.2, 0) is 6.61 Å². The Morgan fingerprint density at radius 1 is 1.32 bits per heavy atom. The number of nitrogens with one attached hydrogen (secondary N) is 1. The highest BCUT2D eigenvalue weighted by Gasteiger charge is 2.28. The van der Waals surface area contributed by atoms with E-state index < -0.39 is 0 Å². The van der Waals surface area contributed by atoms with Crippen LogP contribution in [-0.4, -0.2) is 37.5 Å². The normalized spacial score (nSPS) is 16.6. The van der Waals surface area contributed by atoms with E-state index in [0.29, 0.717) is 24.0 Å². The smallest absolute Gasteiger partial charge is 0.289 e. The van der Waals surface area contributed by atoms with Gasteiger partial charge in [-0.15, -0.1) is 12.4 Å². The fourth-order valence-corrected chi connectivity index (χ4v) is 3.15. The van der Waals surface area contributed by atoms with Gasteiger partial charge in [0.05, 0.1) is 0 Å². The van der Waals surface area contributed by atoms with Crippen molar-refractivity contribution in [3.63, 3.8) is 0 Å². The summed E-state index contributed by atoms with van der Waals surface area (Å²) in [5.41, 5.74) is 0. The van der Waals surface area contributed by atoms with Crippen molar-refractivity contribution in [2.24, 2.45) is 5.92 Å². The van der Waals surface area contributed by atoms with Gasteiger partial charge in [0.1, 0.15) is 18.1 Å². The number of hydrogen-bond donors (Lipinski definition) is 1. The Labute approximate surface area is 162 Å².